The Morgan fingerprint density at radius 2 is 1.80 bits per heavy atom. The van der Waals surface area contributed by atoms with Crippen molar-refractivity contribution in [2.45, 2.75) is 71.8 Å². The van der Waals surface area contributed by atoms with Crippen molar-refractivity contribution in [3.8, 4) is 0 Å². The van der Waals surface area contributed by atoms with Gasteiger partial charge in [-0.1, -0.05) is 33.6 Å². The predicted molar refractivity (Wildman–Crippen MR) is 88.0 cm³/mol. The maximum Gasteiger partial charge on any atom is 0.0107 e. The zero-order valence-corrected chi connectivity index (χ0v) is 14.0. The Bertz CT molecular complexity index is 264. The Balaban J connectivity index is 1.64. The summed E-state index contributed by atoms with van der Waals surface area (Å²) in [5, 5.41) is 3.83. The molecule has 1 aliphatic heterocycles. The second-order valence-corrected chi connectivity index (χ2v) is 7.60. The quantitative estimate of drug-likeness (QED) is 0.821. The first-order valence-electron chi connectivity index (χ1n) is 9.12. The standard InChI is InChI=1S/C18H36N2/c1-15(2)17-8-6-12-20(13-10-17)14-11-19-18-9-5-4-7-16(18)3/h15-19H,4-14H2,1-3H3. The van der Waals surface area contributed by atoms with Gasteiger partial charge in [-0.15, -0.1) is 0 Å². The summed E-state index contributed by atoms with van der Waals surface area (Å²) in [4.78, 5) is 2.70. The number of rotatable bonds is 5. The second-order valence-electron chi connectivity index (χ2n) is 7.60. The highest BCUT2D eigenvalue weighted by Gasteiger charge is 2.22. The minimum atomic E-state index is 0.791. The number of nitrogens with one attached hydrogen (secondary N) is 1. The third kappa shape index (κ3) is 5.04. The zero-order chi connectivity index (χ0) is 14.4. The van der Waals surface area contributed by atoms with Crippen LogP contribution in [0.4, 0.5) is 0 Å². The van der Waals surface area contributed by atoms with Crippen LogP contribution in [0.25, 0.3) is 0 Å². The molecule has 2 rings (SSSR count). The predicted octanol–water partition coefficient (Wildman–Crippen LogP) is 3.91. The SMILES string of the molecule is CC(C)C1CCCN(CCNC2CCCCC2C)CC1. The molecule has 1 N–H and O–H groups in total. The van der Waals surface area contributed by atoms with Gasteiger partial charge in [0.1, 0.15) is 0 Å². The summed E-state index contributed by atoms with van der Waals surface area (Å²) in [5.41, 5.74) is 0. The molecule has 2 nitrogen and oxygen atoms in total. The second kappa shape index (κ2) is 8.38. The summed E-state index contributed by atoms with van der Waals surface area (Å²) >= 11 is 0. The molecule has 118 valence electrons. The first kappa shape index (κ1) is 16.3. The van der Waals surface area contributed by atoms with Crippen molar-refractivity contribution in [2.75, 3.05) is 26.2 Å². The van der Waals surface area contributed by atoms with Gasteiger partial charge < -0.3 is 10.2 Å². The Labute approximate surface area is 126 Å². The highest BCUT2D eigenvalue weighted by molar-refractivity contribution is 4.79. The Hall–Kier alpha value is -0.0800. The van der Waals surface area contributed by atoms with E-state index >= 15 is 0 Å². The molecule has 0 bridgehead atoms. The van der Waals surface area contributed by atoms with E-state index in [1.54, 1.807) is 0 Å². The Kier molecular flexibility index (Phi) is 6.83. The van der Waals surface area contributed by atoms with Gasteiger partial charge in [-0.05, 0) is 62.9 Å². The van der Waals surface area contributed by atoms with Crippen LogP contribution in [0.1, 0.15) is 65.7 Å². The number of likely N-dealkylation sites (tertiary alicyclic amines) is 1. The summed E-state index contributed by atoms with van der Waals surface area (Å²) in [7, 11) is 0. The molecule has 0 spiro atoms. The van der Waals surface area contributed by atoms with Gasteiger partial charge in [0.2, 0.25) is 0 Å². The van der Waals surface area contributed by atoms with Crippen LogP contribution < -0.4 is 5.32 Å². The highest BCUT2D eigenvalue weighted by Crippen LogP contribution is 2.25. The molecule has 2 fully saturated rings. The first-order valence-corrected chi connectivity index (χ1v) is 9.12. The number of hydrogen-bond donors (Lipinski definition) is 1. The van der Waals surface area contributed by atoms with Crippen LogP contribution in [-0.4, -0.2) is 37.1 Å². The van der Waals surface area contributed by atoms with E-state index in [0.29, 0.717) is 0 Å². The Morgan fingerprint density at radius 1 is 1.00 bits per heavy atom. The van der Waals surface area contributed by atoms with Gasteiger partial charge in [0.15, 0.2) is 0 Å². The van der Waals surface area contributed by atoms with Gasteiger partial charge in [0.25, 0.3) is 0 Å². The average Bonchev–Trinajstić information content (AvgIpc) is 2.67. The summed E-state index contributed by atoms with van der Waals surface area (Å²) in [5.74, 6) is 2.72. The molecule has 1 heterocycles. The highest BCUT2D eigenvalue weighted by atomic mass is 15.1. The average molecular weight is 281 g/mol. The lowest BCUT2D eigenvalue weighted by Gasteiger charge is -2.30. The lowest BCUT2D eigenvalue weighted by molar-refractivity contribution is 0.241. The molecule has 3 unspecified atom stereocenters. The summed E-state index contributed by atoms with van der Waals surface area (Å²) in [6.45, 7) is 12.3. The van der Waals surface area contributed by atoms with E-state index in [1.807, 2.05) is 0 Å². The smallest absolute Gasteiger partial charge is 0.0107 e. The van der Waals surface area contributed by atoms with Crippen molar-refractivity contribution in [3.05, 3.63) is 0 Å². The van der Waals surface area contributed by atoms with Crippen LogP contribution in [-0.2, 0) is 0 Å². The number of nitrogens with zero attached hydrogens (tertiary/aromatic N) is 1. The van der Waals surface area contributed by atoms with Crippen LogP contribution in [0.15, 0.2) is 0 Å². The maximum absolute atomic E-state index is 3.83. The third-order valence-electron chi connectivity index (χ3n) is 5.75. The van der Waals surface area contributed by atoms with Crippen molar-refractivity contribution in [3.63, 3.8) is 0 Å². The Morgan fingerprint density at radius 3 is 2.55 bits per heavy atom. The molecule has 1 aliphatic carbocycles. The van der Waals surface area contributed by atoms with Crippen LogP contribution in [0.3, 0.4) is 0 Å². The van der Waals surface area contributed by atoms with Gasteiger partial charge in [0, 0.05) is 19.1 Å². The van der Waals surface area contributed by atoms with E-state index in [-0.39, 0.29) is 0 Å². The molecule has 0 aromatic heterocycles. The monoisotopic (exact) mass is 280 g/mol. The lowest BCUT2D eigenvalue weighted by Crippen LogP contribution is -2.41. The minimum Gasteiger partial charge on any atom is -0.312 e. The molecular weight excluding hydrogens is 244 g/mol. The minimum absolute atomic E-state index is 0.791. The van der Waals surface area contributed by atoms with Gasteiger partial charge >= 0.3 is 0 Å². The first-order chi connectivity index (χ1) is 9.66. The van der Waals surface area contributed by atoms with Crippen molar-refractivity contribution < 1.29 is 0 Å². The summed E-state index contributed by atoms with van der Waals surface area (Å²) in [6, 6.07) is 0.791. The fourth-order valence-corrected chi connectivity index (χ4v) is 4.10. The molecule has 1 saturated heterocycles. The molecule has 0 aromatic carbocycles. The van der Waals surface area contributed by atoms with Crippen molar-refractivity contribution in [1.29, 1.82) is 0 Å². The molecule has 2 heteroatoms. The van der Waals surface area contributed by atoms with Crippen molar-refractivity contribution in [2.24, 2.45) is 17.8 Å². The summed E-state index contributed by atoms with van der Waals surface area (Å²) < 4.78 is 0. The van der Waals surface area contributed by atoms with E-state index in [4.69, 9.17) is 0 Å². The zero-order valence-electron chi connectivity index (χ0n) is 14.0. The normalized spacial score (nSPS) is 33.3. The van der Waals surface area contributed by atoms with Crippen LogP contribution >= 0.6 is 0 Å². The largest absolute Gasteiger partial charge is 0.312 e. The molecule has 1 saturated carbocycles. The lowest BCUT2D eigenvalue weighted by atomic mass is 9.86. The van der Waals surface area contributed by atoms with Gasteiger partial charge in [-0.25, -0.2) is 0 Å². The van der Waals surface area contributed by atoms with E-state index in [0.717, 1.165) is 23.8 Å². The number of hydrogen-bond acceptors (Lipinski definition) is 2. The van der Waals surface area contributed by atoms with E-state index in [1.165, 1.54) is 71.1 Å². The van der Waals surface area contributed by atoms with Gasteiger partial charge in [0.05, 0.1) is 0 Å². The molecule has 2 aliphatic rings. The fraction of sp³-hybridized carbons (Fsp3) is 1.00. The summed E-state index contributed by atoms with van der Waals surface area (Å²) in [6.07, 6.45) is 9.97. The maximum atomic E-state index is 3.83. The van der Waals surface area contributed by atoms with Gasteiger partial charge in [-0.2, -0.15) is 0 Å². The van der Waals surface area contributed by atoms with Crippen LogP contribution in [0.5, 0.6) is 0 Å². The van der Waals surface area contributed by atoms with Crippen LogP contribution in [0, 0.1) is 17.8 Å². The fourth-order valence-electron chi connectivity index (χ4n) is 4.10. The van der Waals surface area contributed by atoms with Gasteiger partial charge in [-0.3, -0.25) is 0 Å². The van der Waals surface area contributed by atoms with E-state index in [2.05, 4.69) is 31.0 Å². The molecule has 0 amide bonds. The molecular formula is C18H36N2. The molecule has 0 radical (unpaired) electrons. The molecule has 0 aromatic rings. The molecule has 20 heavy (non-hydrogen) atoms. The van der Waals surface area contributed by atoms with Crippen molar-refractivity contribution in [1.82, 2.24) is 10.2 Å². The molecule has 3 atom stereocenters. The van der Waals surface area contributed by atoms with E-state index < -0.39 is 0 Å². The van der Waals surface area contributed by atoms with E-state index in [9.17, 15) is 0 Å². The third-order valence-corrected chi connectivity index (χ3v) is 5.75. The topological polar surface area (TPSA) is 15.3 Å². The van der Waals surface area contributed by atoms with Crippen molar-refractivity contribution >= 4 is 0 Å². The van der Waals surface area contributed by atoms with Crippen LogP contribution in [0.2, 0.25) is 0 Å².